The monoisotopic (exact) mass is 580 g/mol. The summed E-state index contributed by atoms with van der Waals surface area (Å²) in [6.07, 6.45) is 1.32. The Morgan fingerprint density at radius 1 is 0.744 bits per heavy atom. The predicted molar refractivity (Wildman–Crippen MR) is 161 cm³/mol. The molecule has 11 heteroatoms. The highest BCUT2D eigenvalue weighted by molar-refractivity contribution is 6.40. The summed E-state index contributed by atoms with van der Waals surface area (Å²) in [4.78, 5) is 50.0. The van der Waals surface area contributed by atoms with E-state index in [1.165, 1.54) is 25.5 Å². The Labute approximate surface area is 247 Å². The van der Waals surface area contributed by atoms with Crippen molar-refractivity contribution in [3.63, 3.8) is 0 Å². The quantitative estimate of drug-likeness (QED) is 0.0814. The molecule has 0 bridgehead atoms. The Kier molecular flexibility index (Phi) is 10.2. The van der Waals surface area contributed by atoms with E-state index >= 15 is 0 Å². The number of amides is 3. The van der Waals surface area contributed by atoms with Crippen molar-refractivity contribution in [2.45, 2.75) is 6.92 Å². The number of nitrogens with one attached hydrogen (secondary N) is 3. The molecule has 218 valence electrons. The summed E-state index contributed by atoms with van der Waals surface area (Å²) in [5.41, 5.74) is 3.92. The van der Waals surface area contributed by atoms with Gasteiger partial charge in [-0.2, -0.15) is 5.10 Å². The highest BCUT2D eigenvalue weighted by Crippen LogP contribution is 2.20. The summed E-state index contributed by atoms with van der Waals surface area (Å²) >= 11 is 0. The van der Waals surface area contributed by atoms with Crippen LogP contribution in [-0.2, 0) is 9.59 Å². The zero-order valence-corrected chi connectivity index (χ0v) is 23.3. The van der Waals surface area contributed by atoms with Crippen molar-refractivity contribution in [1.29, 1.82) is 0 Å². The number of ether oxygens (including phenoxy) is 3. The second-order valence-corrected chi connectivity index (χ2v) is 8.80. The van der Waals surface area contributed by atoms with Crippen LogP contribution in [0.3, 0.4) is 0 Å². The predicted octanol–water partition coefficient (Wildman–Crippen LogP) is 4.65. The molecular formula is C32H28N4O7. The maximum atomic E-state index is 12.9. The molecule has 3 amide bonds. The Balaban J connectivity index is 1.29. The molecule has 0 fully saturated rings. The van der Waals surface area contributed by atoms with Crippen LogP contribution in [0.4, 0.5) is 11.4 Å². The van der Waals surface area contributed by atoms with E-state index in [1.807, 2.05) is 6.92 Å². The topological polar surface area (TPSA) is 144 Å². The van der Waals surface area contributed by atoms with E-state index in [9.17, 15) is 19.2 Å². The largest absolute Gasteiger partial charge is 0.497 e. The first-order valence-electron chi connectivity index (χ1n) is 13.1. The molecular weight excluding hydrogens is 552 g/mol. The van der Waals surface area contributed by atoms with Gasteiger partial charge in [0.1, 0.15) is 17.2 Å². The van der Waals surface area contributed by atoms with Gasteiger partial charge in [0.2, 0.25) is 0 Å². The molecule has 0 aliphatic rings. The third kappa shape index (κ3) is 8.51. The third-order valence-electron chi connectivity index (χ3n) is 5.85. The van der Waals surface area contributed by atoms with Gasteiger partial charge in [-0.05, 0) is 97.4 Å². The number of hydrogen-bond donors (Lipinski definition) is 3. The zero-order valence-electron chi connectivity index (χ0n) is 23.3. The molecule has 0 atom stereocenters. The standard InChI is InChI=1S/C32H28N4O7/c1-3-42-25-18-12-23(13-19-25)34-29(37)27-6-4-5-7-28(27)35-30(38)31(39)36-33-20-21-8-14-26(15-9-21)43-32(40)22-10-16-24(41-2)17-11-22/h4-20H,3H2,1-2H3,(H,34,37)(H,35,38)(H,36,39)/b33-20+. The maximum absolute atomic E-state index is 12.9. The lowest BCUT2D eigenvalue weighted by atomic mass is 10.1. The molecule has 0 saturated heterocycles. The van der Waals surface area contributed by atoms with Gasteiger partial charge in [-0.15, -0.1) is 0 Å². The molecule has 0 spiro atoms. The van der Waals surface area contributed by atoms with Gasteiger partial charge >= 0.3 is 17.8 Å². The van der Waals surface area contributed by atoms with Gasteiger partial charge in [-0.3, -0.25) is 14.4 Å². The number of hydrazone groups is 1. The molecule has 0 heterocycles. The lowest BCUT2D eigenvalue weighted by Gasteiger charge is -2.11. The second kappa shape index (κ2) is 14.6. The summed E-state index contributed by atoms with van der Waals surface area (Å²) < 4.78 is 15.8. The van der Waals surface area contributed by atoms with Gasteiger partial charge < -0.3 is 24.8 Å². The van der Waals surface area contributed by atoms with Crippen molar-refractivity contribution >= 4 is 41.3 Å². The fraction of sp³-hybridized carbons (Fsp3) is 0.0938. The highest BCUT2D eigenvalue weighted by atomic mass is 16.5. The number of benzene rings is 4. The summed E-state index contributed by atoms with van der Waals surface area (Å²) in [7, 11) is 1.53. The Bertz CT molecular complexity index is 1620. The van der Waals surface area contributed by atoms with E-state index in [0.717, 1.165) is 0 Å². The third-order valence-corrected chi connectivity index (χ3v) is 5.85. The number of rotatable bonds is 10. The lowest BCUT2D eigenvalue weighted by molar-refractivity contribution is -0.136. The molecule has 0 unspecified atom stereocenters. The molecule has 0 radical (unpaired) electrons. The smallest absolute Gasteiger partial charge is 0.343 e. The van der Waals surface area contributed by atoms with Crippen molar-refractivity contribution in [2.24, 2.45) is 5.10 Å². The van der Waals surface area contributed by atoms with Crippen LogP contribution in [0.2, 0.25) is 0 Å². The minimum atomic E-state index is -1.04. The average molecular weight is 581 g/mol. The van der Waals surface area contributed by atoms with Crippen molar-refractivity contribution in [3.8, 4) is 17.2 Å². The highest BCUT2D eigenvalue weighted by Gasteiger charge is 2.18. The van der Waals surface area contributed by atoms with Gasteiger partial charge in [-0.25, -0.2) is 10.2 Å². The van der Waals surface area contributed by atoms with Crippen LogP contribution < -0.4 is 30.3 Å². The summed E-state index contributed by atoms with van der Waals surface area (Å²) in [5, 5.41) is 8.98. The normalized spacial score (nSPS) is 10.5. The minimum Gasteiger partial charge on any atom is -0.497 e. The number of hydrogen-bond acceptors (Lipinski definition) is 8. The van der Waals surface area contributed by atoms with Gasteiger partial charge in [-0.1, -0.05) is 12.1 Å². The SMILES string of the molecule is CCOc1ccc(NC(=O)c2ccccc2NC(=O)C(=O)N/N=C/c2ccc(OC(=O)c3ccc(OC)cc3)cc2)cc1. The fourth-order valence-corrected chi connectivity index (χ4v) is 3.70. The number of esters is 1. The first-order valence-corrected chi connectivity index (χ1v) is 13.1. The van der Waals surface area contributed by atoms with E-state index < -0.39 is 23.7 Å². The van der Waals surface area contributed by atoms with Crippen LogP contribution in [0.25, 0.3) is 0 Å². The second-order valence-electron chi connectivity index (χ2n) is 8.80. The summed E-state index contributed by atoms with van der Waals surface area (Å²) in [5.74, 6) is -1.45. The number of carbonyl (C=O) groups is 4. The first kappa shape index (κ1) is 30.0. The van der Waals surface area contributed by atoms with Crippen LogP contribution in [0, 0.1) is 0 Å². The van der Waals surface area contributed by atoms with Gasteiger partial charge in [0.25, 0.3) is 5.91 Å². The zero-order chi connectivity index (χ0) is 30.6. The Morgan fingerprint density at radius 3 is 2.07 bits per heavy atom. The van der Waals surface area contributed by atoms with Crippen LogP contribution in [0.5, 0.6) is 17.2 Å². The van der Waals surface area contributed by atoms with E-state index in [-0.39, 0.29) is 11.3 Å². The molecule has 43 heavy (non-hydrogen) atoms. The molecule has 0 aliphatic carbocycles. The maximum Gasteiger partial charge on any atom is 0.343 e. The van der Waals surface area contributed by atoms with Crippen molar-refractivity contribution in [2.75, 3.05) is 24.4 Å². The van der Waals surface area contributed by atoms with E-state index in [1.54, 1.807) is 84.9 Å². The molecule has 3 N–H and O–H groups in total. The molecule has 4 aromatic carbocycles. The Morgan fingerprint density at radius 2 is 1.40 bits per heavy atom. The molecule has 4 aromatic rings. The average Bonchev–Trinajstić information content (AvgIpc) is 3.03. The van der Waals surface area contributed by atoms with Crippen molar-refractivity contribution in [1.82, 2.24) is 5.43 Å². The van der Waals surface area contributed by atoms with E-state index in [2.05, 4.69) is 21.2 Å². The number of carbonyl (C=O) groups excluding carboxylic acids is 4. The van der Waals surface area contributed by atoms with E-state index in [4.69, 9.17) is 14.2 Å². The van der Waals surface area contributed by atoms with Crippen LogP contribution in [-0.4, -0.2) is 43.6 Å². The minimum absolute atomic E-state index is 0.148. The van der Waals surface area contributed by atoms with Gasteiger partial charge in [0.15, 0.2) is 0 Å². The number of methoxy groups -OCH3 is 1. The number of nitrogens with zero attached hydrogens (tertiary/aromatic N) is 1. The lowest BCUT2D eigenvalue weighted by Crippen LogP contribution is -2.33. The molecule has 11 nitrogen and oxygen atoms in total. The number of anilines is 2. The van der Waals surface area contributed by atoms with Crippen LogP contribution in [0.15, 0.2) is 102 Å². The van der Waals surface area contributed by atoms with Crippen molar-refractivity contribution in [3.05, 3.63) is 114 Å². The fourth-order valence-electron chi connectivity index (χ4n) is 3.70. The molecule has 0 saturated carbocycles. The molecule has 4 rings (SSSR count). The molecule has 0 aromatic heterocycles. The van der Waals surface area contributed by atoms with Gasteiger partial charge in [0, 0.05) is 5.69 Å². The number of para-hydroxylation sites is 1. The first-order chi connectivity index (χ1) is 20.9. The summed E-state index contributed by atoms with van der Waals surface area (Å²) in [6.45, 7) is 2.40. The van der Waals surface area contributed by atoms with Crippen LogP contribution >= 0.6 is 0 Å². The summed E-state index contributed by atoms with van der Waals surface area (Å²) in [6, 6.07) is 26.0. The van der Waals surface area contributed by atoms with Gasteiger partial charge in [0.05, 0.1) is 36.7 Å². The van der Waals surface area contributed by atoms with Crippen LogP contribution in [0.1, 0.15) is 33.2 Å². The Hall–Kier alpha value is -5.97. The molecule has 0 aliphatic heterocycles. The van der Waals surface area contributed by atoms with Crippen molar-refractivity contribution < 1.29 is 33.4 Å². The van der Waals surface area contributed by atoms with E-state index in [0.29, 0.717) is 40.7 Å².